The number of hydrogen-bond acceptors (Lipinski definition) is 2. The number of nitrogens with two attached hydrogens (primary N) is 1. The zero-order valence-electron chi connectivity index (χ0n) is 11.6. The Labute approximate surface area is 123 Å². The molecule has 20 heavy (non-hydrogen) atoms. The van der Waals surface area contributed by atoms with E-state index in [1.807, 2.05) is 32.0 Å². The summed E-state index contributed by atoms with van der Waals surface area (Å²) < 4.78 is 14.1. The summed E-state index contributed by atoms with van der Waals surface area (Å²) in [6, 6.07) is 10.8. The van der Waals surface area contributed by atoms with Gasteiger partial charge in [-0.1, -0.05) is 41.9 Å². The van der Waals surface area contributed by atoms with Gasteiger partial charge in [0.2, 0.25) is 0 Å². The molecule has 3 N–H and O–H groups in total. The van der Waals surface area contributed by atoms with Crippen molar-refractivity contribution in [2.75, 3.05) is 0 Å². The second kappa shape index (κ2) is 6.35. The van der Waals surface area contributed by atoms with E-state index in [2.05, 4.69) is 5.43 Å². The van der Waals surface area contributed by atoms with Gasteiger partial charge >= 0.3 is 0 Å². The van der Waals surface area contributed by atoms with Crippen LogP contribution in [0.3, 0.4) is 0 Å². The molecule has 2 nitrogen and oxygen atoms in total. The maximum Gasteiger partial charge on any atom is 0.146 e. The van der Waals surface area contributed by atoms with E-state index < -0.39 is 5.82 Å². The normalized spacial score (nSPS) is 12.4. The first kappa shape index (κ1) is 15.0. The summed E-state index contributed by atoms with van der Waals surface area (Å²) in [6.45, 7) is 4.09. The summed E-state index contributed by atoms with van der Waals surface area (Å²) in [5.41, 5.74) is 6.70. The lowest BCUT2D eigenvalue weighted by Gasteiger charge is -2.20. The van der Waals surface area contributed by atoms with E-state index >= 15 is 0 Å². The molecule has 0 amide bonds. The molecule has 0 spiro atoms. The molecule has 2 aromatic rings. The van der Waals surface area contributed by atoms with E-state index in [9.17, 15) is 4.39 Å². The van der Waals surface area contributed by atoms with E-state index in [4.69, 9.17) is 17.4 Å². The van der Waals surface area contributed by atoms with Gasteiger partial charge < -0.3 is 0 Å². The third-order valence-corrected chi connectivity index (χ3v) is 3.90. The van der Waals surface area contributed by atoms with Gasteiger partial charge in [-0.2, -0.15) is 0 Å². The van der Waals surface area contributed by atoms with E-state index in [-0.39, 0.29) is 11.1 Å². The van der Waals surface area contributed by atoms with Crippen LogP contribution >= 0.6 is 11.6 Å². The van der Waals surface area contributed by atoms with E-state index in [0.717, 1.165) is 0 Å². The van der Waals surface area contributed by atoms with E-state index in [1.165, 1.54) is 22.8 Å². The number of aryl methyl sites for hydroxylation is 2. The molecule has 0 radical (unpaired) electrons. The Kier molecular flexibility index (Phi) is 4.76. The van der Waals surface area contributed by atoms with Crippen molar-refractivity contribution in [3.8, 4) is 0 Å². The van der Waals surface area contributed by atoms with Crippen LogP contribution < -0.4 is 11.3 Å². The lowest BCUT2D eigenvalue weighted by Crippen LogP contribution is -2.30. The van der Waals surface area contributed by atoms with E-state index in [0.29, 0.717) is 12.0 Å². The van der Waals surface area contributed by atoms with Crippen molar-refractivity contribution in [1.82, 2.24) is 5.43 Å². The Balaban J connectivity index is 2.37. The maximum absolute atomic E-state index is 14.1. The van der Waals surface area contributed by atoms with Gasteiger partial charge in [-0.25, -0.2) is 4.39 Å². The fourth-order valence-corrected chi connectivity index (χ4v) is 2.61. The van der Waals surface area contributed by atoms with Crippen molar-refractivity contribution in [2.24, 2.45) is 5.84 Å². The number of halogens is 2. The average Bonchev–Trinajstić information content (AvgIpc) is 2.42. The van der Waals surface area contributed by atoms with Crippen LogP contribution in [0.15, 0.2) is 36.4 Å². The summed E-state index contributed by atoms with van der Waals surface area (Å²) in [5.74, 6) is 5.20. The molecule has 0 bridgehead atoms. The number of hydrazine groups is 1. The quantitative estimate of drug-likeness (QED) is 0.664. The molecule has 1 unspecified atom stereocenters. The van der Waals surface area contributed by atoms with Crippen LogP contribution in [0.1, 0.15) is 28.3 Å². The Morgan fingerprint density at radius 1 is 1.15 bits per heavy atom. The molecule has 2 rings (SSSR count). The molecule has 106 valence electrons. The Morgan fingerprint density at radius 3 is 2.35 bits per heavy atom. The minimum absolute atomic E-state index is 0.115. The minimum Gasteiger partial charge on any atom is -0.271 e. The van der Waals surface area contributed by atoms with Gasteiger partial charge in [-0.05, 0) is 43.0 Å². The van der Waals surface area contributed by atoms with Gasteiger partial charge in [0, 0.05) is 5.56 Å². The standard InChI is InChI=1S/C16H18ClFN2/c1-10-5-3-6-11(2)13(10)9-15(20-19)12-7-4-8-14(17)16(12)18/h3-8,15,20H,9,19H2,1-2H3. The van der Waals surface area contributed by atoms with Crippen molar-refractivity contribution in [2.45, 2.75) is 26.3 Å². The lowest BCUT2D eigenvalue weighted by atomic mass is 9.93. The van der Waals surface area contributed by atoms with Crippen LogP contribution in [0.4, 0.5) is 4.39 Å². The molecule has 2 aromatic carbocycles. The second-order valence-corrected chi connectivity index (χ2v) is 5.34. The Morgan fingerprint density at radius 2 is 1.75 bits per heavy atom. The largest absolute Gasteiger partial charge is 0.271 e. The average molecular weight is 293 g/mol. The molecule has 0 saturated heterocycles. The van der Waals surface area contributed by atoms with Crippen molar-refractivity contribution in [3.05, 3.63) is 69.5 Å². The van der Waals surface area contributed by atoms with Crippen molar-refractivity contribution < 1.29 is 4.39 Å². The van der Waals surface area contributed by atoms with Crippen LogP contribution in [0.25, 0.3) is 0 Å². The molecule has 0 aromatic heterocycles. The Bertz CT molecular complexity index is 593. The van der Waals surface area contributed by atoms with Crippen molar-refractivity contribution in [1.29, 1.82) is 0 Å². The number of benzene rings is 2. The number of hydrogen-bond donors (Lipinski definition) is 2. The maximum atomic E-state index is 14.1. The molecular formula is C16H18ClFN2. The highest BCUT2D eigenvalue weighted by Crippen LogP contribution is 2.27. The molecule has 0 aliphatic rings. The molecule has 0 aliphatic heterocycles. The monoisotopic (exact) mass is 292 g/mol. The van der Waals surface area contributed by atoms with Crippen LogP contribution in [-0.4, -0.2) is 0 Å². The first-order chi connectivity index (χ1) is 9.54. The highest BCUT2D eigenvalue weighted by molar-refractivity contribution is 6.30. The fraction of sp³-hybridized carbons (Fsp3) is 0.250. The zero-order valence-corrected chi connectivity index (χ0v) is 12.3. The smallest absolute Gasteiger partial charge is 0.146 e. The highest BCUT2D eigenvalue weighted by atomic mass is 35.5. The number of nitrogens with one attached hydrogen (secondary N) is 1. The van der Waals surface area contributed by atoms with Crippen LogP contribution in [0, 0.1) is 19.7 Å². The van der Waals surface area contributed by atoms with Gasteiger partial charge in [0.15, 0.2) is 0 Å². The molecule has 0 fully saturated rings. The molecular weight excluding hydrogens is 275 g/mol. The third-order valence-electron chi connectivity index (χ3n) is 3.61. The highest BCUT2D eigenvalue weighted by Gasteiger charge is 2.18. The third kappa shape index (κ3) is 3.01. The molecule has 0 aliphatic carbocycles. The predicted octanol–water partition coefficient (Wildman–Crippen LogP) is 3.84. The SMILES string of the molecule is Cc1cccc(C)c1CC(NN)c1cccc(Cl)c1F. The summed E-state index contributed by atoms with van der Waals surface area (Å²) in [6.07, 6.45) is 0.617. The van der Waals surface area contributed by atoms with Gasteiger partial charge in [0.1, 0.15) is 5.82 Å². The zero-order chi connectivity index (χ0) is 14.7. The minimum atomic E-state index is -0.414. The van der Waals surface area contributed by atoms with Crippen molar-refractivity contribution in [3.63, 3.8) is 0 Å². The van der Waals surface area contributed by atoms with Crippen LogP contribution in [-0.2, 0) is 6.42 Å². The van der Waals surface area contributed by atoms with Crippen LogP contribution in [0.5, 0.6) is 0 Å². The summed E-state index contributed by atoms with van der Waals surface area (Å²) in [4.78, 5) is 0. The second-order valence-electron chi connectivity index (χ2n) is 4.94. The fourth-order valence-electron chi connectivity index (χ4n) is 2.42. The van der Waals surface area contributed by atoms with Gasteiger partial charge in [0.05, 0.1) is 11.1 Å². The predicted molar refractivity (Wildman–Crippen MR) is 81.1 cm³/mol. The van der Waals surface area contributed by atoms with Gasteiger partial charge in [-0.3, -0.25) is 11.3 Å². The molecule has 4 heteroatoms. The summed E-state index contributed by atoms with van der Waals surface area (Å²) in [7, 11) is 0. The molecule has 0 heterocycles. The first-order valence-electron chi connectivity index (χ1n) is 6.49. The first-order valence-corrected chi connectivity index (χ1v) is 6.87. The van der Waals surface area contributed by atoms with Crippen molar-refractivity contribution >= 4 is 11.6 Å². The Hall–Kier alpha value is -1.42. The van der Waals surface area contributed by atoms with Gasteiger partial charge in [-0.15, -0.1) is 0 Å². The summed E-state index contributed by atoms with van der Waals surface area (Å²) >= 11 is 5.84. The van der Waals surface area contributed by atoms with Gasteiger partial charge in [0.25, 0.3) is 0 Å². The summed E-state index contributed by atoms with van der Waals surface area (Å²) in [5, 5.41) is 0.115. The topological polar surface area (TPSA) is 38.0 Å². The molecule has 0 saturated carbocycles. The molecule has 1 atom stereocenters. The van der Waals surface area contributed by atoms with Crippen LogP contribution in [0.2, 0.25) is 5.02 Å². The lowest BCUT2D eigenvalue weighted by molar-refractivity contribution is 0.509. The van der Waals surface area contributed by atoms with E-state index in [1.54, 1.807) is 12.1 Å². The number of rotatable bonds is 4.